The number of esters is 1. The summed E-state index contributed by atoms with van der Waals surface area (Å²) >= 11 is 0. The Balaban J connectivity index is 2.68. The molecule has 1 fully saturated rings. The summed E-state index contributed by atoms with van der Waals surface area (Å²) in [5.41, 5.74) is 0. The summed E-state index contributed by atoms with van der Waals surface area (Å²) in [6.07, 6.45) is -4.65. The van der Waals surface area contributed by atoms with E-state index in [1.807, 2.05) is 0 Å². The van der Waals surface area contributed by atoms with Gasteiger partial charge in [0.2, 0.25) is 5.78 Å². The minimum Gasteiger partial charge on any atom is -0.451 e. The Labute approximate surface area is 109 Å². The number of carbonyl (C=O) groups is 3. The number of cyclic esters (lactones) is 1. The standard InChI is InChI=1S/C11H16O8/c1-5(2)17-11(16)19-9-7(14)8(18-10(9)15)6(3-12)4-13/h5-6,8-9,12-13H,3-4H2,1-2H3. The molecule has 1 rings (SSSR count). The first-order chi connectivity index (χ1) is 8.90. The molecule has 0 aromatic heterocycles. The number of hydrogen-bond donors (Lipinski definition) is 2. The minimum atomic E-state index is -1.71. The van der Waals surface area contributed by atoms with E-state index in [1.54, 1.807) is 13.8 Å². The first-order valence-electron chi connectivity index (χ1n) is 5.73. The average molecular weight is 276 g/mol. The average Bonchev–Trinajstić information content (AvgIpc) is 2.58. The predicted molar refractivity (Wildman–Crippen MR) is 59.0 cm³/mol. The summed E-state index contributed by atoms with van der Waals surface area (Å²) in [6.45, 7) is 2.07. The highest BCUT2D eigenvalue weighted by Gasteiger charge is 2.49. The van der Waals surface area contributed by atoms with Crippen LogP contribution in [0.25, 0.3) is 0 Å². The monoisotopic (exact) mass is 276 g/mol. The number of aliphatic hydroxyl groups excluding tert-OH is 2. The molecule has 0 aliphatic carbocycles. The third-order valence-corrected chi connectivity index (χ3v) is 2.44. The SMILES string of the molecule is CC(C)OC(=O)OC1C(=O)OC(C(CO)CO)C1=O. The maximum atomic E-state index is 11.8. The molecule has 0 amide bonds. The smallest absolute Gasteiger partial charge is 0.451 e. The van der Waals surface area contributed by atoms with E-state index in [-0.39, 0.29) is 0 Å². The Morgan fingerprint density at radius 2 is 1.89 bits per heavy atom. The van der Waals surface area contributed by atoms with Crippen LogP contribution in [0.2, 0.25) is 0 Å². The molecule has 108 valence electrons. The van der Waals surface area contributed by atoms with Gasteiger partial charge in [-0.1, -0.05) is 0 Å². The van der Waals surface area contributed by atoms with Crippen molar-refractivity contribution in [3.8, 4) is 0 Å². The Kier molecular flexibility index (Phi) is 5.25. The van der Waals surface area contributed by atoms with E-state index in [0.29, 0.717) is 0 Å². The van der Waals surface area contributed by atoms with Gasteiger partial charge in [-0.2, -0.15) is 0 Å². The molecule has 0 aromatic carbocycles. The van der Waals surface area contributed by atoms with Crippen molar-refractivity contribution in [3.63, 3.8) is 0 Å². The molecule has 0 aromatic rings. The lowest BCUT2D eigenvalue weighted by Gasteiger charge is -2.15. The first-order valence-corrected chi connectivity index (χ1v) is 5.73. The molecule has 1 saturated heterocycles. The van der Waals surface area contributed by atoms with Crippen molar-refractivity contribution in [1.29, 1.82) is 0 Å². The number of hydrogen-bond acceptors (Lipinski definition) is 8. The lowest BCUT2D eigenvalue weighted by molar-refractivity contribution is -0.150. The van der Waals surface area contributed by atoms with Crippen LogP contribution in [0.4, 0.5) is 4.79 Å². The molecule has 8 nitrogen and oxygen atoms in total. The molecule has 2 unspecified atom stereocenters. The topological polar surface area (TPSA) is 119 Å². The summed E-state index contributed by atoms with van der Waals surface area (Å²) in [6, 6.07) is 0. The van der Waals surface area contributed by atoms with Crippen molar-refractivity contribution in [3.05, 3.63) is 0 Å². The fourth-order valence-electron chi connectivity index (χ4n) is 1.51. The van der Waals surface area contributed by atoms with E-state index in [2.05, 4.69) is 9.47 Å². The van der Waals surface area contributed by atoms with Gasteiger partial charge in [-0.3, -0.25) is 4.79 Å². The van der Waals surface area contributed by atoms with Crippen LogP contribution >= 0.6 is 0 Å². The first kappa shape index (κ1) is 15.4. The van der Waals surface area contributed by atoms with Gasteiger partial charge in [0, 0.05) is 5.92 Å². The number of ketones is 1. The normalized spacial score (nSPS) is 22.8. The van der Waals surface area contributed by atoms with E-state index in [1.165, 1.54) is 0 Å². The van der Waals surface area contributed by atoms with Gasteiger partial charge in [0.05, 0.1) is 19.3 Å². The molecule has 8 heteroatoms. The highest BCUT2D eigenvalue weighted by molar-refractivity contribution is 6.10. The molecule has 0 saturated carbocycles. The van der Waals surface area contributed by atoms with E-state index >= 15 is 0 Å². The van der Waals surface area contributed by atoms with Gasteiger partial charge in [-0.05, 0) is 13.8 Å². The van der Waals surface area contributed by atoms with Gasteiger partial charge >= 0.3 is 12.1 Å². The summed E-state index contributed by atoms with van der Waals surface area (Å²) in [5, 5.41) is 17.9. The Hall–Kier alpha value is -1.67. The second-order valence-corrected chi connectivity index (χ2v) is 4.30. The van der Waals surface area contributed by atoms with E-state index in [0.717, 1.165) is 0 Å². The number of Topliss-reactive ketones (excluding diaryl/α,β-unsaturated/α-hetero) is 1. The minimum absolute atomic E-state index is 0.460. The van der Waals surface area contributed by atoms with Gasteiger partial charge in [-0.15, -0.1) is 0 Å². The fraction of sp³-hybridized carbons (Fsp3) is 0.727. The molecule has 19 heavy (non-hydrogen) atoms. The summed E-state index contributed by atoms with van der Waals surface area (Å²) < 4.78 is 13.9. The largest absolute Gasteiger partial charge is 0.509 e. The molecular weight excluding hydrogens is 260 g/mol. The molecule has 2 N–H and O–H groups in total. The lowest BCUT2D eigenvalue weighted by Crippen LogP contribution is -2.36. The predicted octanol–water partition coefficient (Wildman–Crippen LogP) is -0.988. The van der Waals surface area contributed by atoms with Crippen molar-refractivity contribution in [2.75, 3.05) is 13.2 Å². The number of carbonyl (C=O) groups excluding carboxylic acids is 3. The van der Waals surface area contributed by atoms with Crippen molar-refractivity contribution in [1.82, 2.24) is 0 Å². The molecule has 0 spiro atoms. The Morgan fingerprint density at radius 1 is 1.32 bits per heavy atom. The third-order valence-electron chi connectivity index (χ3n) is 2.44. The van der Waals surface area contributed by atoms with Crippen LogP contribution in [-0.2, 0) is 23.8 Å². The molecular formula is C11H16O8. The number of rotatable bonds is 5. The van der Waals surface area contributed by atoms with E-state index in [9.17, 15) is 14.4 Å². The van der Waals surface area contributed by atoms with Crippen molar-refractivity contribution < 1.29 is 38.8 Å². The zero-order valence-corrected chi connectivity index (χ0v) is 10.6. The summed E-state index contributed by atoms with van der Waals surface area (Å²) in [5.74, 6) is -2.80. The van der Waals surface area contributed by atoms with Crippen LogP contribution in [-0.4, -0.2) is 59.6 Å². The zero-order valence-electron chi connectivity index (χ0n) is 10.6. The zero-order chi connectivity index (χ0) is 14.6. The van der Waals surface area contributed by atoms with Gasteiger partial charge in [0.1, 0.15) is 0 Å². The summed E-state index contributed by atoms with van der Waals surface area (Å²) in [4.78, 5) is 34.4. The van der Waals surface area contributed by atoms with E-state index in [4.69, 9.17) is 14.9 Å². The van der Waals surface area contributed by atoms with Crippen LogP contribution in [0, 0.1) is 5.92 Å². The number of aliphatic hydroxyl groups is 2. The van der Waals surface area contributed by atoms with E-state index < -0.39 is 55.4 Å². The maximum Gasteiger partial charge on any atom is 0.509 e. The van der Waals surface area contributed by atoms with Crippen LogP contribution in [0.15, 0.2) is 0 Å². The van der Waals surface area contributed by atoms with Crippen molar-refractivity contribution in [2.24, 2.45) is 5.92 Å². The second-order valence-electron chi connectivity index (χ2n) is 4.30. The molecule has 0 bridgehead atoms. The van der Waals surface area contributed by atoms with Gasteiger partial charge in [0.15, 0.2) is 6.10 Å². The van der Waals surface area contributed by atoms with Crippen LogP contribution in [0.1, 0.15) is 13.8 Å². The van der Waals surface area contributed by atoms with Crippen molar-refractivity contribution >= 4 is 17.9 Å². The molecule has 0 radical (unpaired) electrons. The fourth-order valence-corrected chi connectivity index (χ4v) is 1.51. The highest BCUT2D eigenvalue weighted by Crippen LogP contribution is 2.21. The Morgan fingerprint density at radius 3 is 2.37 bits per heavy atom. The van der Waals surface area contributed by atoms with Gasteiger partial charge in [0.25, 0.3) is 6.10 Å². The maximum absolute atomic E-state index is 11.8. The van der Waals surface area contributed by atoms with Gasteiger partial charge in [-0.25, -0.2) is 9.59 Å². The molecule has 1 aliphatic heterocycles. The summed E-state index contributed by atoms with van der Waals surface area (Å²) in [7, 11) is 0. The molecule has 2 atom stereocenters. The van der Waals surface area contributed by atoms with Gasteiger partial charge < -0.3 is 24.4 Å². The molecule has 1 heterocycles. The Bertz CT molecular complexity index is 360. The van der Waals surface area contributed by atoms with Crippen LogP contribution in [0.5, 0.6) is 0 Å². The quantitative estimate of drug-likeness (QED) is 0.485. The van der Waals surface area contributed by atoms with Crippen LogP contribution in [0.3, 0.4) is 0 Å². The van der Waals surface area contributed by atoms with Crippen molar-refractivity contribution in [2.45, 2.75) is 32.2 Å². The molecule has 1 aliphatic rings. The lowest BCUT2D eigenvalue weighted by atomic mass is 10.00. The van der Waals surface area contributed by atoms with Crippen LogP contribution < -0.4 is 0 Å². The number of ether oxygens (including phenoxy) is 3. The second kappa shape index (κ2) is 6.48. The highest BCUT2D eigenvalue weighted by atomic mass is 16.7. The third kappa shape index (κ3) is 3.65.